The summed E-state index contributed by atoms with van der Waals surface area (Å²) in [5.41, 5.74) is 0.756. The third kappa shape index (κ3) is 3.12. The van der Waals surface area contributed by atoms with Gasteiger partial charge < -0.3 is 9.47 Å². The Bertz CT molecular complexity index is 552. The van der Waals surface area contributed by atoms with Gasteiger partial charge in [0.25, 0.3) is 10.0 Å². The van der Waals surface area contributed by atoms with Crippen molar-refractivity contribution < 1.29 is 17.9 Å². The van der Waals surface area contributed by atoms with Crippen molar-refractivity contribution in [1.82, 2.24) is 4.31 Å². The first-order valence-corrected chi connectivity index (χ1v) is 8.81. The fraction of sp³-hybridized carbons (Fsp3) is 0.538. The highest BCUT2D eigenvalue weighted by molar-refractivity contribution is 7.91. The van der Waals surface area contributed by atoms with Crippen LogP contribution in [-0.4, -0.2) is 45.6 Å². The minimum atomic E-state index is -3.40. The molecule has 0 bridgehead atoms. The zero-order valence-electron chi connectivity index (χ0n) is 11.4. The average molecular weight is 317 g/mol. The molecule has 0 spiro atoms. The monoisotopic (exact) mass is 317 g/mol. The molecule has 7 heteroatoms. The molecule has 112 valence electrons. The van der Waals surface area contributed by atoms with Crippen molar-refractivity contribution in [3.05, 3.63) is 29.7 Å². The van der Waals surface area contributed by atoms with Crippen LogP contribution >= 0.6 is 11.3 Å². The standard InChI is InChI=1S/C13H19NO4S2/c1-3-6-14-10-12(18-8-7-17-4-2)11-5-9-19-13(11)20(14,15)16/h3,5,9,12H,1,4,6-8,10H2,2H3. The number of rotatable bonds is 7. The van der Waals surface area contributed by atoms with Gasteiger partial charge in [-0.25, -0.2) is 8.42 Å². The van der Waals surface area contributed by atoms with Gasteiger partial charge in [0.1, 0.15) is 4.21 Å². The molecule has 1 aromatic heterocycles. The van der Waals surface area contributed by atoms with Crippen LogP contribution in [0.2, 0.25) is 0 Å². The van der Waals surface area contributed by atoms with E-state index in [0.29, 0.717) is 37.1 Å². The lowest BCUT2D eigenvalue weighted by molar-refractivity contribution is -0.00281. The SMILES string of the molecule is C=CCN1CC(OCCOCC)c2ccsc2S1(=O)=O. The summed E-state index contributed by atoms with van der Waals surface area (Å²) in [6.07, 6.45) is 1.35. The molecular weight excluding hydrogens is 298 g/mol. The summed E-state index contributed by atoms with van der Waals surface area (Å²) in [6.45, 7) is 7.78. The van der Waals surface area contributed by atoms with Crippen molar-refractivity contribution in [2.24, 2.45) is 0 Å². The Kier molecular flexibility index (Phi) is 5.34. The number of fused-ring (bicyclic) bond motifs is 1. The Morgan fingerprint density at radius 1 is 1.55 bits per heavy atom. The predicted octanol–water partition coefficient (Wildman–Crippen LogP) is 2.03. The van der Waals surface area contributed by atoms with Gasteiger partial charge in [0.15, 0.2) is 0 Å². The van der Waals surface area contributed by atoms with Crippen molar-refractivity contribution in [3.8, 4) is 0 Å². The molecule has 0 radical (unpaired) electrons. The van der Waals surface area contributed by atoms with Crippen LogP contribution in [0.5, 0.6) is 0 Å². The minimum absolute atomic E-state index is 0.236. The highest BCUT2D eigenvalue weighted by Gasteiger charge is 2.37. The Labute approximate surface area is 123 Å². The van der Waals surface area contributed by atoms with Gasteiger partial charge in [-0.1, -0.05) is 6.08 Å². The van der Waals surface area contributed by atoms with Gasteiger partial charge in [0.05, 0.1) is 19.3 Å². The van der Waals surface area contributed by atoms with E-state index in [0.717, 1.165) is 5.56 Å². The molecule has 0 amide bonds. The van der Waals surface area contributed by atoms with Crippen LogP contribution in [0.3, 0.4) is 0 Å². The molecule has 2 heterocycles. The van der Waals surface area contributed by atoms with Gasteiger partial charge in [-0.3, -0.25) is 0 Å². The maximum atomic E-state index is 12.4. The van der Waals surface area contributed by atoms with E-state index in [2.05, 4.69) is 6.58 Å². The van der Waals surface area contributed by atoms with Crippen molar-refractivity contribution >= 4 is 21.4 Å². The van der Waals surface area contributed by atoms with E-state index < -0.39 is 10.0 Å². The van der Waals surface area contributed by atoms with Crippen molar-refractivity contribution in [3.63, 3.8) is 0 Å². The Morgan fingerprint density at radius 3 is 3.05 bits per heavy atom. The molecule has 0 aliphatic carbocycles. The molecule has 1 aliphatic rings. The number of hydrogen-bond acceptors (Lipinski definition) is 5. The largest absolute Gasteiger partial charge is 0.379 e. The van der Waals surface area contributed by atoms with Gasteiger partial charge in [0.2, 0.25) is 0 Å². The van der Waals surface area contributed by atoms with Crippen LogP contribution in [-0.2, 0) is 19.5 Å². The molecule has 1 unspecified atom stereocenters. The second-order valence-electron chi connectivity index (χ2n) is 4.33. The van der Waals surface area contributed by atoms with Crippen LogP contribution < -0.4 is 0 Å². The molecule has 0 N–H and O–H groups in total. The Hall–Kier alpha value is -0.730. The first-order chi connectivity index (χ1) is 9.61. The van der Waals surface area contributed by atoms with E-state index in [1.807, 2.05) is 13.0 Å². The van der Waals surface area contributed by atoms with E-state index in [1.165, 1.54) is 15.6 Å². The smallest absolute Gasteiger partial charge is 0.253 e. The van der Waals surface area contributed by atoms with E-state index in [-0.39, 0.29) is 6.10 Å². The zero-order valence-corrected chi connectivity index (χ0v) is 13.1. The number of ether oxygens (including phenoxy) is 2. The van der Waals surface area contributed by atoms with Crippen LogP contribution in [0, 0.1) is 0 Å². The topological polar surface area (TPSA) is 55.8 Å². The Morgan fingerprint density at radius 2 is 2.35 bits per heavy atom. The normalized spacial score (nSPS) is 21.6. The molecule has 5 nitrogen and oxygen atoms in total. The second-order valence-corrected chi connectivity index (χ2v) is 7.38. The van der Waals surface area contributed by atoms with Gasteiger partial charge >= 0.3 is 0 Å². The molecule has 2 rings (SSSR count). The van der Waals surface area contributed by atoms with Crippen LogP contribution in [0.1, 0.15) is 18.6 Å². The first kappa shape index (κ1) is 15.7. The molecule has 20 heavy (non-hydrogen) atoms. The highest BCUT2D eigenvalue weighted by Crippen LogP contribution is 2.37. The molecule has 1 atom stereocenters. The maximum absolute atomic E-state index is 12.4. The lowest BCUT2D eigenvalue weighted by Crippen LogP contribution is -2.39. The summed E-state index contributed by atoms with van der Waals surface area (Å²) in [5, 5.41) is 1.79. The van der Waals surface area contributed by atoms with E-state index >= 15 is 0 Å². The minimum Gasteiger partial charge on any atom is -0.379 e. The van der Waals surface area contributed by atoms with Gasteiger partial charge in [-0.2, -0.15) is 4.31 Å². The number of nitrogens with zero attached hydrogens (tertiary/aromatic N) is 1. The fourth-order valence-corrected chi connectivity index (χ4v) is 5.11. The van der Waals surface area contributed by atoms with E-state index in [1.54, 1.807) is 11.5 Å². The molecular formula is C13H19NO4S2. The average Bonchev–Trinajstić information content (AvgIpc) is 2.90. The molecule has 0 saturated heterocycles. The lowest BCUT2D eigenvalue weighted by atomic mass is 10.2. The van der Waals surface area contributed by atoms with Crippen LogP contribution in [0.4, 0.5) is 0 Å². The summed E-state index contributed by atoms with van der Waals surface area (Å²) in [5.74, 6) is 0. The van der Waals surface area contributed by atoms with Crippen molar-refractivity contribution in [2.45, 2.75) is 17.2 Å². The summed E-state index contributed by atoms with van der Waals surface area (Å²) in [7, 11) is -3.40. The molecule has 1 aromatic rings. The quantitative estimate of drug-likeness (QED) is 0.570. The number of thiophene rings is 1. The van der Waals surface area contributed by atoms with E-state index in [9.17, 15) is 8.42 Å². The predicted molar refractivity (Wildman–Crippen MR) is 78.5 cm³/mol. The number of hydrogen-bond donors (Lipinski definition) is 0. The first-order valence-electron chi connectivity index (χ1n) is 6.49. The van der Waals surface area contributed by atoms with E-state index in [4.69, 9.17) is 9.47 Å². The summed E-state index contributed by atoms with van der Waals surface area (Å²) >= 11 is 1.23. The molecule has 1 aliphatic heterocycles. The molecule has 0 fully saturated rings. The van der Waals surface area contributed by atoms with Crippen molar-refractivity contribution in [2.75, 3.05) is 32.9 Å². The maximum Gasteiger partial charge on any atom is 0.253 e. The molecule has 0 saturated carbocycles. The second kappa shape index (κ2) is 6.82. The highest BCUT2D eigenvalue weighted by atomic mass is 32.2. The van der Waals surface area contributed by atoms with Gasteiger partial charge in [0, 0.05) is 25.3 Å². The fourth-order valence-electron chi connectivity index (χ4n) is 2.11. The van der Waals surface area contributed by atoms with Crippen LogP contribution in [0.25, 0.3) is 0 Å². The van der Waals surface area contributed by atoms with Crippen LogP contribution in [0.15, 0.2) is 28.3 Å². The van der Waals surface area contributed by atoms with Gasteiger partial charge in [-0.15, -0.1) is 17.9 Å². The summed E-state index contributed by atoms with van der Waals surface area (Å²) in [4.78, 5) is 0. The molecule has 0 aromatic carbocycles. The van der Waals surface area contributed by atoms with Gasteiger partial charge in [-0.05, 0) is 18.4 Å². The Balaban J connectivity index is 2.16. The van der Waals surface area contributed by atoms with Crippen molar-refractivity contribution in [1.29, 1.82) is 0 Å². The zero-order chi connectivity index (χ0) is 14.6. The summed E-state index contributed by atoms with van der Waals surface area (Å²) < 4.78 is 37.6. The third-order valence-corrected chi connectivity index (χ3v) is 6.36. The number of sulfonamides is 1. The third-order valence-electron chi connectivity index (χ3n) is 3.03. The summed E-state index contributed by atoms with van der Waals surface area (Å²) in [6, 6.07) is 1.83. The lowest BCUT2D eigenvalue weighted by Gasteiger charge is -2.31.